The first-order valence-electron chi connectivity index (χ1n) is 10.7. The average molecular weight is 435 g/mol. The van der Waals surface area contributed by atoms with Gasteiger partial charge in [-0.15, -0.1) is 24.8 Å². The Kier molecular flexibility index (Phi) is 8.86. The molecule has 0 spiro atoms. The maximum atomic E-state index is 13.4. The molecule has 3 aliphatic heterocycles. The zero-order chi connectivity index (χ0) is 18.0. The van der Waals surface area contributed by atoms with Crippen molar-refractivity contribution in [1.82, 2.24) is 20.0 Å². The molecule has 0 radical (unpaired) electrons. The standard InChI is InChI=1S/C20H34N4O2.2ClH/c25-18(23-9-3-4-10-23)15-22-8-5-11-24(13-12-22)19(26)20-7-2-1-6-17(20)14-21-16-20;;/h17,21H,1-16H2;2*1H/t17-,20+;;/m0../s1. The molecule has 6 nitrogen and oxygen atoms in total. The topological polar surface area (TPSA) is 55.9 Å². The van der Waals surface area contributed by atoms with Crippen molar-refractivity contribution in [2.24, 2.45) is 11.3 Å². The molecule has 8 heteroatoms. The second-order valence-corrected chi connectivity index (χ2v) is 8.74. The summed E-state index contributed by atoms with van der Waals surface area (Å²) in [6, 6.07) is 0. The van der Waals surface area contributed by atoms with E-state index in [2.05, 4.69) is 15.1 Å². The summed E-state index contributed by atoms with van der Waals surface area (Å²) in [4.78, 5) is 32.3. The van der Waals surface area contributed by atoms with Gasteiger partial charge in [-0.05, 0) is 44.6 Å². The number of hydrogen-bond acceptors (Lipinski definition) is 4. The van der Waals surface area contributed by atoms with Crippen LogP contribution >= 0.6 is 24.8 Å². The van der Waals surface area contributed by atoms with Crippen LogP contribution in [0.2, 0.25) is 0 Å². The van der Waals surface area contributed by atoms with Crippen molar-refractivity contribution in [2.75, 3.05) is 58.9 Å². The number of halogens is 2. The van der Waals surface area contributed by atoms with Gasteiger partial charge in [0, 0.05) is 45.8 Å². The summed E-state index contributed by atoms with van der Waals surface area (Å²) < 4.78 is 0. The predicted molar refractivity (Wildman–Crippen MR) is 115 cm³/mol. The van der Waals surface area contributed by atoms with Gasteiger partial charge in [-0.25, -0.2) is 0 Å². The van der Waals surface area contributed by atoms with E-state index in [4.69, 9.17) is 0 Å². The minimum Gasteiger partial charge on any atom is -0.342 e. The Morgan fingerprint density at radius 1 is 0.857 bits per heavy atom. The Morgan fingerprint density at radius 2 is 1.61 bits per heavy atom. The quantitative estimate of drug-likeness (QED) is 0.734. The predicted octanol–water partition coefficient (Wildman–Crippen LogP) is 1.77. The van der Waals surface area contributed by atoms with Gasteiger partial charge in [0.05, 0.1) is 12.0 Å². The van der Waals surface area contributed by atoms with Crippen molar-refractivity contribution in [3.8, 4) is 0 Å². The highest BCUT2D eigenvalue weighted by atomic mass is 35.5. The summed E-state index contributed by atoms with van der Waals surface area (Å²) in [5.74, 6) is 1.19. The fourth-order valence-electron chi connectivity index (χ4n) is 5.57. The zero-order valence-corrected chi connectivity index (χ0v) is 18.5. The number of likely N-dealkylation sites (tertiary alicyclic amines) is 1. The van der Waals surface area contributed by atoms with E-state index in [9.17, 15) is 9.59 Å². The molecular weight excluding hydrogens is 399 g/mol. The van der Waals surface area contributed by atoms with Crippen LogP contribution in [0, 0.1) is 11.3 Å². The molecule has 4 rings (SSSR count). The second-order valence-electron chi connectivity index (χ2n) is 8.74. The molecule has 1 N–H and O–H groups in total. The Labute approximate surface area is 181 Å². The SMILES string of the molecule is Cl.Cl.O=C(CN1CCCN(C(=O)[C@@]23CCCC[C@H]2CNC3)CC1)N1CCCC1. The summed E-state index contributed by atoms with van der Waals surface area (Å²) >= 11 is 0. The molecule has 3 saturated heterocycles. The largest absolute Gasteiger partial charge is 0.342 e. The number of carbonyl (C=O) groups is 2. The van der Waals surface area contributed by atoms with Crippen LogP contribution in [-0.4, -0.2) is 85.4 Å². The van der Waals surface area contributed by atoms with E-state index in [1.54, 1.807) is 0 Å². The van der Waals surface area contributed by atoms with Gasteiger partial charge in [0.2, 0.25) is 11.8 Å². The maximum absolute atomic E-state index is 13.4. The number of nitrogens with zero attached hydrogens (tertiary/aromatic N) is 3. The van der Waals surface area contributed by atoms with Gasteiger partial charge in [0.25, 0.3) is 0 Å². The second kappa shape index (κ2) is 10.5. The highest BCUT2D eigenvalue weighted by Crippen LogP contribution is 2.45. The van der Waals surface area contributed by atoms with Crippen molar-refractivity contribution in [2.45, 2.75) is 44.9 Å². The lowest BCUT2D eigenvalue weighted by atomic mass is 9.67. The Bertz CT molecular complexity index is 544. The first-order valence-corrected chi connectivity index (χ1v) is 10.7. The molecule has 162 valence electrons. The molecule has 0 aromatic heterocycles. The van der Waals surface area contributed by atoms with Crippen molar-refractivity contribution in [3.05, 3.63) is 0 Å². The minimum absolute atomic E-state index is 0. The van der Waals surface area contributed by atoms with Gasteiger partial charge in [-0.3, -0.25) is 14.5 Å². The smallest absolute Gasteiger partial charge is 0.236 e. The van der Waals surface area contributed by atoms with E-state index < -0.39 is 0 Å². The van der Waals surface area contributed by atoms with Crippen LogP contribution in [0.5, 0.6) is 0 Å². The normalized spacial score (nSPS) is 30.8. The third kappa shape index (κ3) is 4.77. The molecule has 4 aliphatic rings. The lowest BCUT2D eigenvalue weighted by Crippen LogP contribution is -2.50. The van der Waals surface area contributed by atoms with Gasteiger partial charge in [0.1, 0.15) is 0 Å². The lowest BCUT2D eigenvalue weighted by Gasteiger charge is -2.40. The molecular formula is C20H36Cl2N4O2. The average Bonchev–Trinajstić information content (AvgIpc) is 3.28. The Hall–Kier alpha value is -0.560. The Balaban J connectivity index is 0.00000140. The molecule has 0 aromatic carbocycles. The van der Waals surface area contributed by atoms with Crippen LogP contribution in [0.15, 0.2) is 0 Å². The third-order valence-electron chi connectivity index (χ3n) is 7.16. The molecule has 2 amide bonds. The number of rotatable bonds is 3. The van der Waals surface area contributed by atoms with Crippen molar-refractivity contribution < 1.29 is 9.59 Å². The van der Waals surface area contributed by atoms with E-state index in [0.717, 1.165) is 78.0 Å². The van der Waals surface area contributed by atoms with E-state index in [1.165, 1.54) is 19.3 Å². The van der Waals surface area contributed by atoms with E-state index in [0.29, 0.717) is 18.4 Å². The molecule has 28 heavy (non-hydrogen) atoms. The van der Waals surface area contributed by atoms with Gasteiger partial charge in [-0.1, -0.05) is 12.8 Å². The van der Waals surface area contributed by atoms with Crippen LogP contribution < -0.4 is 5.32 Å². The van der Waals surface area contributed by atoms with Crippen LogP contribution in [-0.2, 0) is 9.59 Å². The molecule has 0 bridgehead atoms. The minimum atomic E-state index is -0.140. The highest BCUT2D eigenvalue weighted by Gasteiger charge is 2.51. The number of carbonyl (C=O) groups excluding carboxylic acids is 2. The first kappa shape index (κ1) is 23.7. The van der Waals surface area contributed by atoms with Gasteiger partial charge < -0.3 is 15.1 Å². The molecule has 3 heterocycles. The van der Waals surface area contributed by atoms with Crippen LogP contribution in [0.1, 0.15) is 44.9 Å². The van der Waals surface area contributed by atoms with Crippen molar-refractivity contribution >= 4 is 36.6 Å². The number of fused-ring (bicyclic) bond motifs is 1. The number of nitrogens with one attached hydrogen (secondary N) is 1. The fourth-order valence-corrected chi connectivity index (χ4v) is 5.57. The van der Waals surface area contributed by atoms with E-state index in [1.807, 2.05) is 4.90 Å². The van der Waals surface area contributed by atoms with Crippen LogP contribution in [0.4, 0.5) is 0 Å². The zero-order valence-electron chi connectivity index (χ0n) is 16.9. The van der Waals surface area contributed by atoms with Gasteiger partial charge in [0.15, 0.2) is 0 Å². The van der Waals surface area contributed by atoms with E-state index >= 15 is 0 Å². The fraction of sp³-hybridized carbons (Fsp3) is 0.900. The third-order valence-corrected chi connectivity index (χ3v) is 7.16. The highest BCUT2D eigenvalue weighted by molar-refractivity contribution is 5.86. The summed E-state index contributed by atoms with van der Waals surface area (Å²) in [5, 5.41) is 3.50. The summed E-state index contributed by atoms with van der Waals surface area (Å²) in [5.41, 5.74) is -0.140. The molecule has 4 fully saturated rings. The molecule has 0 unspecified atom stereocenters. The summed E-state index contributed by atoms with van der Waals surface area (Å²) in [6.07, 6.45) is 7.98. The number of hydrogen-bond donors (Lipinski definition) is 1. The van der Waals surface area contributed by atoms with Gasteiger partial charge >= 0.3 is 0 Å². The first-order chi connectivity index (χ1) is 12.7. The lowest BCUT2D eigenvalue weighted by molar-refractivity contribution is -0.145. The molecule has 1 saturated carbocycles. The number of amides is 2. The molecule has 1 aliphatic carbocycles. The van der Waals surface area contributed by atoms with E-state index in [-0.39, 0.29) is 36.1 Å². The van der Waals surface area contributed by atoms with Crippen LogP contribution in [0.3, 0.4) is 0 Å². The maximum Gasteiger partial charge on any atom is 0.236 e. The monoisotopic (exact) mass is 434 g/mol. The Morgan fingerprint density at radius 3 is 2.39 bits per heavy atom. The molecule has 0 aromatic rings. The van der Waals surface area contributed by atoms with Gasteiger partial charge in [-0.2, -0.15) is 0 Å². The molecule has 2 atom stereocenters. The van der Waals surface area contributed by atoms with Crippen molar-refractivity contribution in [3.63, 3.8) is 0 Å². The summed E-state index contributed by atoms with van der Waals surface area (Å²) in [6.45, 7) is 7.64. The summed E-state index contributed by atoms with van der Waals surface area (Å²) in [7, 11) is 0. The van der Waals surface area contributed by atoms with Crippen LogP contribution in [0.25, 0.3) is 0 Å². The van der Waals surface area contributed by atoms with Crippen molar-refractivity contribution in [1.29, 1.82) is 0 Å².